The molecule has 0 bridgehead atoms. The fourth-order valence-corrected chi connectivity index (χ4v) is 3.74. The molecule has 0 amide bonds. The molecular weight excluding hydrogens is 224 g/mol. The van der Waals surface area contributed by atoms with Crippen molar-refractivity contribution in [3.63, 3.8) is 0 Å². The summed E-state index contributed by atoms with van der Waals surface area (Å²) in [4.78, 5) is 2.83. The van der Waals surface area contributed by atoms with E-state index >= 15 is 0 Å². The standard InChI is InChI=1S/C15H30N2O/c1-16-11-10-13-5-3-4-12-17(13)14-6-8-15(18-2)9-7-14/h13-16H,3-12H2,1-2H3. The van der Waals surface area contributed by atoms with Gasteiger partial charge in [0.05, 0.1) is 6.10 Å². The van der Waals surface area contributed by atoms with Crippen molar-refractivity contribution in [3.8, 4) is 0 Å². The number of piperidine rings is 1. The Hall–Kier alpha value is -0.120. The molecule has 1 atom stereocenters. The lowest BCUT2D eigenvalue weighted by atomic mass is 9.88. The molecule has 3 heteroatoms. The van der Waals surface area contributed by atoms with Crippen LogP contribution in [0.2, 0.25) is 0 Å². The molecule has 0 aromatic heterocycles. The zero-order valence-corrected chi connectivity index (χ0v) is 12.2. The summed E-state index contributed by atoms with van der Waals surface area (Å²) in [6.45, 7) is 2.49. The number of hydrogen-bond acceptors (Lipinski definition) is 3. The van der Waals surface area contributed by atoms with E-state index in [9.17, 15) is 0 Å². The Labute approximate surface area is 112 Å². The van der Waals surface area contributed by atoms with Crippen molar-refractivity contribution in [3.05, 3.63) is 0 Å². The van der Waals surface area contributed by atoms with E-state index in [1.807, 2.05) is 7.11 Å². The van der Waals surface area contributed by atoms with E-state index in [1.165, 1.54) is 57.9 Å². The highest BCUT2D eigenvalue weighted by Crippen LogP contribution is 2.30. The molecule has 0 spiro atoms. The molecule has 0 radical (unpaired) electrons. The van der Waals surface area contributed by atoms with Crippen molar-refractivity contribution in [1.29, 1.82) is 0 Å². The minimum absolute atomic E-state index is 0.529. The lowest BCUT2D eigenvalue weighted by Gasteiger charge is -2.44. The lowest BCUT2D eigenvalue weighted by molar-refractivity contribution is 0.0140. The van der Waals surface area contributed by atoms with Crippen molar-refractivity contribution in [1.82, 2.24) is 10.2 Å². The lowest BCUT2D eigenvalue weighted by Crippen LogP contribution is -2.48. The minimum Gasteiger partial charge on any atom is -0.381 e. The summed E-state index contributed by atoms with van der Waals surface area (Å²) in [6.07, 6.45) is 11.3. The van der Waals surface area contributed by atoms with Crippen LogP contribution in [0.1, 0.15) is 51.4 Å². The highest BCUT2D eigenvalue weighted by molar-refractivity contribution is 4.86. The molecule has 2 fully saturated rings. The van der Waals surface area contributed by atoms with Crippen LogP contribution in [0.15, 0.2) is 0 Å². The van der Waals surface area contributed by atoms with Gasteiger partial charge in [-0.15, -0.1) is 0 Å². The average molecular weight is 254 g/mol. The van der Waals surface area contributed by atoms with Crippen molar-refractivity contribution < 1.29 is 4.74 Å². The molecule has 3 nitrogen and oxygen atoms in total. The Morgan fingerprint density at radius 2 is 1.89 bits per heavy atom. The van der Waals surface area contributed by atoms with E-state index in [2.05, 4.69) is 17.3 Å². The molecule has 0 aromatic rings. The molecule has 1 saturated carbocycles. The normalized spacial score (nSPS) is 34.7. The number of methoxy groups -OCH3 is 1. The third kappa shape index (κ3) is 3.69. The summed E-state index contributed by atoms with van der Waals surface area (Å²) < 4.78 is 5.49. The molecule has 1 N–H and O–H groups in total. The molecule has 1 heterocycles. The van der Waals surface area contributed by atoms with Gasteiger partial charge in [-0.1, -0.05) is 6.42 Å². The van der Waals surface area contributed by atoms with E-state index in [4.69, 9.17) is 4.74 Å². The van der Waals surface area contributed by atoms with Gasteiger partial charge in [-0.05, 0) is 65.1 Å². The van der Waals surface area contributed by atoms with Crippen LogP contribution in [-0.2, 0) is 4.74 Å². The van der Waals surface area contributed by atoms with Gasteiger partial charge in [-0.25, -0.2) is 0 Å². The summed E-state index contributed by atoms with van der Waals surface area (Å²) in [5.41, 5.74) is 0. The second-order valence-corrected chi connectivity index (χ2v) is 5.95. The van der Waals surface area contributed by atoms with E-state index < -0.39 is 0 Å². The summed E-state index contributed by atoms with van der Waals surface area (Å²) in [7, 11) is 3.93. The molecule has 2 aliphatic rings. The first-order valence-electron chi connectivity index (χ1n) is 7.78. The van der Waals surface area contributed by atoms with Crippen LogP contribution in [0.3, 0.4) is 0 Å². The maximum absolute atomic E-state index is 5.49. The van der Waals surface area contributed by atoms with Crippen LogP contribution in [0.25, 0.3) is 0 Å². The zero-order valence-electron chi connectivity index (χ0n) is 12.2. The fourth-order valence-electron chi connectivity index (χ4n) is 3.74. The first-order valence-corrected chi connectivity index (χ1v) is 7.78. The van der Waals surface area contributed by atoms with E-state index in [1.54, 1.807) is 0 Å². The van der Waals surface area contributed by atoms with Gasteiger partial charge in [0.1, 0.15) is 0 Å². The number of nitrogens with one attached hydrogen (secondary N) is 1. The highest BCUT2D eigenvalue weighted by Gasteiger charge is 2.31. The van der Waals surface area contributed by atoms with Crippen LogP contribution >= 0.6 is 0 Å². The van der Waals surface area contributed by atoms with Gasteiger partial charge >= 0.3 is 0 Å². The second kappa shape index (κ2) is 7.46. The van der Waals surface area contributed by atoms with Crippen molar-refractivity contribution in [2.75, 3.05) is 27.2 Å². The smallest absolute Gasteiger partial charge is 0.0572 e. The third-order valence-corrected chi connectivity index (χ3v) is 4.85. The molecule has 18 heavy (non-hydrogen) atoms. The summed E-state index contributed by atoms with van der Waals surface area (Å²) >= 11 is 0. The van der Waals surface area contributed by atoms with Crippen molar-refractivity contribution in [2.24, 2.45) is 0 Å². The number of likely N-dealkylation sites (tertiary alicyclic amines) is 1. The fraction of sp³-hybridized carbons (Fsp3) is 1.00. The molecule has 1 aliphatic carbocycles. The summed E-state index contributed by atoms with van der Waals surface area (Å²) in [5, 5.41) is 3.31. The Bertz CT molecular complexity index is 227. The predicted molar refractivity (Wildman–Crippen MR) is 75.9 cm³/mol. The number of hydrogen-bond donors (Lipinski definition) is 1. The maximum Gasteiger partial charge on any atom is 0.0572 e. The third-order valence-electron chi connectivity index (χ3n) is 4.85. The largest absolute Gasteiger partial charge is 0.381 e. The molecule has 1 saturated heterocycles. The van der Waals surface area contributed by atoms with Gasteiger partial charge < -0.3 is 10.1 Å². The van der Waals surface area contributed by atoms with Crippen LogP contribution in [-0.4, -0.2) is 50.3 Å². The zero-order chi connectivity index (χ0) is 12.8. The Balaban J connectivity index is 1.84. The topological polar surface area (TPSA) is 24.5 Å². The Morgan fingerprint density at radius 1 is 1.11 bits per heavy atom. The van der Waals surface area contributed by atoms with Gasteiger partial charge in [0.2, 0.25) is 0 Å². The Morgan fingerprint density at radius 3 is 2.56 bits per heavy atom. The molecular formula is C15H30N2O. The molecule has 106 valence electrons. The quantitative estimate of drug-likeness (QED) is 0.815. The van der Waals surface area contributed by atoms with Gasteiger partial charge in [0.25, 0.3) is 0 Å². The van der Waals surface area contributed by atoms with E-state index in [0.29, 0.717) is 6.10 Å². The number of ether oxygens (including phenoxy) is 1. The number of nitrogens with zero attached hydrogens (tertiary/aromatic N) is 1. The highest BCUT2D eigenvalue weighted by atomic mass is 16.5. The van der Waals surface area contributed by atoms with Gasteiger partial charge in [-0.2, -0.15) is 0 Å². The molecule has 2 rings (SSSR count). The van der Waals surface area contributed by atoms with Gasteiger partial charge in [0, 0.05) is 19.2 Å². The predicted octanol–water partition coefficient (Wildman–Crippen LogP) is 2.41. The van der Waals surface area contributed by atoms with E-state index in [-0.39, 0.29) is 0 Å². The SMILES string of the molecule is CNCCC1CCCCN1C1CCC(OC)CC1. The van der Waals surface area contributed by atoms with Crippen LogP contribution < -0.4 is 5.32 Å². The van der Waals surface area contributed by atoms with E-state index in [0.717, 1.165) is 18.6 Å². The minimum atomic E-state index is 0.529. The van der Waals surface area contributed by atoms with Crippen molar-refractivity contribution in [2.45, 2.75) is 69.6 Å². The average Bonchev–Trinajstić information content (AvgIpc) is 2.45. The van der Waals surface area contributed by atoms with Crippen LogP contribution in [0, 0.1) is 0 Å². The molecule has 1 aliphatic heterocycles. The van der Waals surface area contributed by atoms with Crippen LogP contribution in [0.4, 0.5) is 0 Å². The maximum atomic E-state index is 5.49. The van der Waals surface area contributed by atoms with Gasteiger partial charge in [-0.3, -0.25) is 4.90 Å². The first-order chi connectivity index (χ1) is 8.85. The monoisotopic (exact) mass is 254 g/mol. The first kappa shape index (κ1) is 14.3. The summed E-state index contributed by atoms with van der Waals surface area (Å²) in [5.74, 6) is 0. The van der Waals surface area contributed by atoms with Gasteiger partial charge in [0.15, 0.2) is 0 Å². The molecule has 0 aromatic carbocycles. The summed E-state index contributed by atoms with van der Waals surface area (Å²) in [6, 6.07) is 1.66. The second-order valence-electron chi connectivity index (χ2n) is 5.95. The number of rotatable bonds is 5. The van der Waals surface area contributed by atoms with Crippen LogP contribution in [0.5, 0.6) is 0 Å². The van der Waals surface area contributed by atoms with Crippen molar-refractivity contribution >= 4 is 0 Å². The molecule has 1 unspecified atom stereocenters. The Kier molecular flexibility index (Phi) is 5.93.